The molecular formula is C23H32O6. The molecule has 29 heavy (non-hydrogen) atoms. The first-order valence-electron chi connectivity index (χ1n) is 9.84. The number of hydrogen-bond acceptors (Lipinski definition) is 6. The maximum atomic E-state index is 13.1. The molecule has 1 aliphatic rings. The van der Waals surface area contributed by atoms with Crippen LogP contribution in [0.4, 0.5) is 4.79 Å². The van der Waals surface area contributed by atoms with Gasteiger partial charge in [-0.05, 0) is 72.4 Å². The fourth-order valence-corrected chi connectivity index (χ4v) is 2.54. The normalized spacial score (nSPS) is 14.3. The maximum absolute atomic E-state index is 13.1. The maximum Gasteiger partial charge on any atom is 0.514 e. The van der Waals surface area contributed by atoms with Crippen LogP contribution in [0.1, 0.15) is 82.8 Å². The highest BCUT2D eigenvalue weighted by Gasteiger charge is 2.30. The van der Waals surface area contributed by atoms with Gasteiger partial charge in [0.15, 0.2) is 5.75 Å². The quantitative estimate of drug-likeness (QED) is 0.449. The van der Waals surface area contributed by atoms with Crippen molar-refractivity contribution >= 4 is 17.7 Å². The number of benzene rings is 1. The molecule has 1 saturated carbocycles. The smallest absolute Gasteiger partial charge is 0.456 e. The zero-order valence-electron chi connectivity index (χ0n) is 18.5. The summed E-state index contributed by atoms with van der Waals surface area (Å²) in [4.78, 5) is 25.5. The second-order valence-electron chi connectivity index (χ2n) is 9.34. The van der Waals surface area contributed by atoms with Crippen molar-refractivity contribution in [2.45, 2.75) is 85.2 Å². The second kappa shape index (κ2) is 8.57. The summed E-state index contributed by atoms with van der Waals surface area (Å²) in [5, 5.41) is 0. The lowest BCUT2D eigenvalue weighted by molar-refractivity contribution is 0.00546. The van der Waals surface area contributed by atoms with E-state index in [0.717, 1.165) is 12.8 Å². The second-order valence-corrected chi connectivity index (χ2v) is 9.34. The molecule has 0 atom stereocenters. The monoisotopic (exact) mass is 404 g/mol. The Balaban J connectivity index is 2.51. The Hall–Kier alpha value is -2.34. The largest absolute Gasteiger partial charge is 0.514 e. The van der Waals surface area contributed by atoms with Gasteiger partial charge in [0, 0.05) is 5.56 Å². The Kier molecular flexibility index (Phi) is 6.78. The molecule has 6 nitrogen and oxygen atoms in total. The zero-order valence-corrected chi connectivity index (χ0v) is 18.5. The molecule has 2 rings (SSSR count). The van der Waals surface area contributed by atoms with Gasteiger partial charge in [-0.3, -0.25) is 0 Å². The molecule has 0 N–H and O–H groups in total. The average molecular weight is 405 g/mol. The van der Waals surface area contributed by atoms with Crippen molar-refractivity contribution in [3.63, 3.8) is 0 Å². The molecule has 160 valence electrons. The standard InChI is InChI=1S/C23H32O6/c1-14(2)17-12-9-15(13-26-16-10-11-16)18(20(24)28-22(3,4)5)19(17)27-21(25)29-23(6,7)8/h9,12,16H,1,10-11,13H2,2-8H3. The van der Waals surface area contributed by atoms with Gasteiger partial charge in [-0.2, -0.15) is 0 Å². The van der Waals surface area contributed by atoms with Gasteiger partial charge in [0.1, 0.15) is 16.8 Å². The van der Waals surface area contributed by atoms with Crippen LogP contribution >= 0.6 is 0 Å². The molecule has 6 heteroatoms. The van der Waals surface area contributed by atoms with Crippen LogP contribution < -0.4 is 4.74 Å². The Labute approximate surface area is 173 Å². The van der Waals surface area contributed by atoms with E-state index >= 15 is 0 Å². The van der Waals surface area contributed by atoms with Crippen molar-refractivity contribution in [3.8, 4) is 5.75 Å². The first-order valence-corrected chi connectivity index (χ1v) is 9.84. The summed E-state index contributed by atoms with van der Waals surface area (Å²) < 4.78 is 22.2. The van der Waals surface area contributed by atoms with Crippen LogP contribution in [-0.4, -0.2) is 29.4 Å². The lowest BCUT2D eigenvalue weighted by Gasteiger charge is -2.24. The third-order valence-electron chi connectivity index (χ3n) is 3.88. The van der Waals surface area contributed by atoms with Crippen molar-refractivity contribution in [2.24, 2.45) is 0 Å². The average Bonchev–Trinajstić information content (AvgIpc) is 3.32. The Bertz CT molecular complexity index is 791. The Morgan fingerprint density at radius 1 is 1.03 bits per heavy atom. The van der Waals surface area contributed by atoms with Gasteiger partial charge in [-0.1, -0.05) is 18.7 Å². The number of carbonyl (C=O) groups is 2. The Morgan fingerprint density at radius 3 is 2.10 bits per heavy atom. The van der Waals surface area contributed by atoms with Gasteiger partial charge in [0.25, 0.3) is 0 Å². The fourth-order valence-electron chi connectivity index (χ4n) is 2.54. The molecule has 0 spiro atoms. The van der Waals surface area contributed by atoms with Crippen molar-refractivity contribution < 1.29 is 28.5 Å². The number of allylic oxidation sites excluding steroid dienone is 1. The molecule has 0 aromatic heterocycles. The van der Waals surface area contributed by atoms with Crippen LogP contribution in [-0.2, 0) is 20.8 Å². The Morgan fingerprint density at radius 2 is 1.62 bits per heavy atom. The van der Waals surface area contributed by atoms with Crippen molar-refractivity contribution in [2.75, 3.05) is 0 Å². The molecule has 1 aromatic carbocycles. The number of ether oxygens (including phenoxy) is 4. The molecule has 0 saturated heterocycles. The topological polar surface area (TPSA) is 71.1 Å². The van der Waals surface area contributed by atoms with E-state index in [1.165, 1.54) is 0 Å². The van der Waals surface area contributed by atoms with E-state index in [-0.39, 0.29) is 24.0 Å². The minimum atomic E-state index is -0.898. The van der Waals surface area contributed by atoms with Gasteiger partial charge in [0.2, 0.25) is 0 Å². The predicted octanol–water partition coefficient (Wildman–Crippen LogP) is 5.67. The van der Waals surface area contributed by atoms with E-state index in [2.05, 4.69) is 6.58 Å². The summed E-state index contributed by atoms with van der Waals surface area (Å²) in [5.74, 6) is -0.508. The molecule has 0 aliphatic heterocycles. The minimum absolute atomic E-state index is 0.0814. The van der Waals surface area contributed by atoms with Crippen molar-refractivity contribution in [1.29, 1.82) is 0 Å². The van der Waals surface area contributed by atoms with Crippen LogP contribution in [0.15, 0.2) is 18.7 Å². The summed E-state index contributed by atoms with van der Waals surface area (Å²) in [6, 6.07) is 3.55. The van der Waals surface area contributed by atoms with Gasteiger partial charge in [0.05, 0.1) is 12.7 Å². The number of rotatable bonds is 6. The summed E-state index contributed by atoms with van der Waals surface area (Å²) >= 11 is 0. The van der Waals surface area contributed by atoms with Gasteiger partial charge < -0.3 is 18.9 Å². The molecule has 0 radical (unpaired) electrons. The zero-order chi connectivity index (χ0) is 22.0. The van der Waals surface area contributed by atoms with E-state index in [1.54, 1.807) is 60.6 Å². The highest BCUT2D eigenvalue weighted by Crippen LogP contribution is 2.35. The number of esters is 1. The molecule has 0 unspecified atom stereocenters. The molecule has 0 bridgehead atoms. The van der Waals surface area contributed by atoms with E-state index in [4.69, 9.17) is 18.9 Å². The van der Waals surface area contributed by atoms with Crippen LogP contribution in [0, 0.1) is 0 Å². The highest BCUT2D eigenvalue weighted by atomic mass is 16.7. The molecule has 0 amide bonds. The summed E-state index contributed by atoms with van der Waals surface area (Å²) in [5.41, 5.74) is 0.476. The first-order chi connectivity index (χ1) is 13.3. The van der Waals surface area contributed by atoms with E-state index in [9.17, 15) is 9.59 Å². The molecule has 1 aliphatic carbocycles. The number of hydrogen-bond donors (Lipinski definition) is 0. The van der Waals surface area contributed by atoms with E-state index < -0.39 is 23.3 Å². The van der Waals surface area contributed by atoms with Crippen LogP contribution in [0.3, 0.4) is 0 Å². The predicted molar refractivity (Wildman–Crippen MR) is 111 cm³/mol. The van der Waals surface area contributed by atoms with Crippen LogP contribution in [0.25, 0.3) is 5.57 Å². The van der Waals surface area contributed by atoms with Crippen molar-refractivity contribution in [3.05, 3.63) is 35.4 Å². The third-order valence-corrected chi connectivity index (χ3v) is 3.88. The number of carbonyl (C=O) groups excluding carboxylic acids is 2. The lowest BCUT2D eigenvalue weighted by atomic mass is 9.98. The van der Waals surface area contributed by atoms with E-state index in [0.29, 0.717) is 16.7 Å². The molecule has 1 aromatic rings. The van der Waals surface area contributed by atoms with Gasteiger partial charge in [-0.15, -0.1) is 0 Å². The highest BCUT2D eigenvalue weighted by molar-refractivity contribution is 5.97. The molecular weight excluding hydrogens is 372 g/mol. The van der Waals surface area contributed by atoms with Crippen LogP contribution in [0.2, 0.25) is 0 Å². The van der Waals surface area contributed by atoms with Crippen molar-refractivity contribution in [1.82, 2.24) is 0 Å². The molecule has 1 fully saturated rings. The minimum Gasteiger partial charge on any atom is -0.456 e. The SMILES string of the molecule is C=C(C)c1ccc(COC2CC2)c(C(=O)OC(C)(C)C)c1OC(=O)OC(C)(C)C. The molecule has 0 heterocycles. The lowest BCUT2D eigenvalue weighted by Crippen LogP contribution is -2.28. The first kappa shape index (κ1) is 22.9. The van der Waals surface area contributed by atoms with Crippen LogP contribution in [0.5, 0.6) is 5.75 Å². The fraction of sp³-hybridized carbons (Fsp3) is 0.565. The van der Waals surface area contributed by atoms with Gasteiger partial charge >= 0.3 is 12.1 Å². The third kappa shape index (κ3) is 7.20. The summed E-state index contributed by atoms with van der Waals surface area (Å²) in [6.45, 7) is 16.5. The summed E-state index contributed by atoms with van der Waals surface area (Å²) in [6.07, 6.45) is 1.32. The van der Waals surface area contributed by atoms with E-state index in [1.807, 2.05) is 0 Å². The summed E-state index contributed by atoms with van der Waals surface area (Å²) in [7, 11) is 0. The van der Waals surface area contributed by atoms with Gasteiger partial charge in [-0.25, -0.2) is 9.59 Å².